The molecule has 1 heterocycles. The topological polar surface area (TPSA) is 38.3 Å². The van der Waals surface area contributed by atoms with Crippen molar-refractivity contribution in [2.24, 2.45) is 0 Å². The number of carbonyl (C=O) groups excluding carboxylic acids is 1. The number of nitrogens with one attached hydrogen (secondary N) is 1. The van der Waals surface area contributed by atoms with Gasteiger partial charge >= 0.3 is 0 Å². The Morgan fingerprint density at radius 1 is 1.59 bits per heavy atom. The van der Waals surface area contributed by atoms with Gasteiger partial charge in [0.1, 0.15) is 5.82 Å². The number of halogens is 1. The molecule has 1 N–H and O–H groups in total. The molecule has 1 saturated heterocycles. The van der Waals surface area contributed by atoms with E-state index in [4.69, 9.17) is 4.74 Å². The number of benzene rings is 1. The zero-order chi connectivity index (χ0) is 12.3. The molecule has 1 aliphatic heterocycles. The maximum absolute atomic E-state index is 13.1. The van der Waals surface area contributed by atoms with Crippen LogP contribution >= 0.6 is 0 Å². The van der Waals surface area contributed by atoms with Gasteiger partial charge in [0.25, 0.3) is 0 Å². The fourth-order valence-corrected chi connectivity index (χ4v) is 1.91. The summed E-state index contributed by atoms with van der Waals surface area (Å²) in [6.45, 7) is 3.63. The van der Waals surface area contributed by atoms with Gasteiger partial charge in [0, 0.05) is 13.0 Å². The highest BCUT2D eigenvalue weighted by Gasteiger charge is 2.21. The molecule has 3 nitrogen and oxygen atoms in total. The summed E-state index contributed by atoms with van der Waals surface area (Å²) in [6, 6.07) is 4.27. The number of morpholine rings is 1. The summed E-state index contributed by atoms with van der Waals surface area (Å²) in [5, 5.41) is 3.10. The number of Topliss-reactive ketones (excluding diaryl/α,β-unsaturated/α-hetero) is 1. The van der Waals surface area contributed by atoms with Crippen molar-refractivity contribution in [3.05, 3.63) is 35.1 Å². The maximum atomic E-state index is 13.1. The van der Waals surface area contributed by atoms with Crippen LogP contribution in [0.25, 0.3) is 0 Å². The Kier molecular flexibility index (Phi) is 3.86. The van der Waals surface area contributed by atoms with Gasteiger partial charge < -0.3 is 10.1 Å². The molecule has 17 heavy (non-hydrogen) atoms. The lowest BCUT2D eigenvalue weighted by Gasteiger charge is -2.22. The van der Waals surface area contributed by atoms with E-state index in [1.165, 1.54) is 12.1 Å². The minimum absolute atomic E-state index is 0.0541. The van der Waals surface area contributed by atoms with Gasteiger partial charge in [0.15, 0.2) is 5.78 Å². The lowest BCUT2D eigenvalue weighted by atomic mass is 9.99. The number of ether oxygens (including phenoxy) is 1. The lowest BCUT2D eigenvalue weighted by molar-refractivity contribution is -0.123. The molecule has 0 bridgehead atoms. The number of ketones is 1. The van der Waals surface area contributed by atoms with Crippen LogP contribution in [0, 0.1) is 12.7 Å². The van der Waals surface area contributed by atoms with Gasteiger partial charge in [-0.25, -0.2) is 4.39 Å². The van der Waals surface area contributed by atoms with Crippen molar-refractivity contribution in [2.75, 3.05) is 19.8 Å². The first-order chi connectivity index (χ1) is 8.16. The van der Waals surface area contributed by atoms with Gasteiger partial charge in [-0.05, 0) is 30.2 Å². The van der Waals surface area contributed by atoms with Crippen molar-refractivity contribution in [1.82, 2.24) is 5.32 Å². The van der Waals surface area contributed by atoms with E-state index >= 15 is 0 Å². The number of hydrogen-bond acceptors (Lipinski definition) is 3. The summed E-state index contributed by atoms with van der Waals surface area (Å²) in [5.74, 6) is -0.246. The summed E-state index contributed by atoms with van der Waals surface area (Å²) < 4.78 is 18.3. The number of aryl methyl sites for hydroxylation is 1. The van der Waals surface area contributed by atoms with E-state index in [0.717, 1.165) is 11.1 Å². The molecule has 1 atom stereocenters. The average Bonchev–Trinajstić information content (AvgIpc) is 2.35. The van der Waals surface area contributed by atoms with Crippen LogP contribution < -0.4 is 5.32 Å². The first-order valence-electron chi connectivity index (χ1n) is 5.75. The Morgan fingerprint density at radius 2 is 2.41 bits per heavy atom. The summed E-state index contributed by atoms with van der Waals surface area (Å²) in [5.41, 5.74) is 1.69. The molecule has 4 heteroatoms. The highest BCUT2D eigenvalue weighted by molar-refractivity contribution is 5.86. The molecular weight excluding hydrogens is 221 g/mol. The van der Waals surface area contributed by atoms with Gasteiger partial charge in [-0.15, -0.1) is 0 Å². The van der Waals surface area contributed by atoms with E-state index in [9.17, 15) is 9.18 Å². The maximum Gasteiger partial charge on any atom is 0.156 e. The average molecular weight is 237 g/mol. The van der Waals surface area contributed by atoms with Gasteiger partial charge in [-0.1, -0.05) is 6.07 Å². The summed E-state index contributed by atoms with van der Waals surface area (Å²) in [7, 11) is 0. The summed E-state index contributed by atoms with van der Waals surface area (Å²) >= 11 is 0. The van der Waals surface area contributed by atoms with Gasteiger partial charge in [0.05, 0.1) is 19.3 Å². The van der Waals surface area contributed by atoms with Crippen LogP contribution in [0.5, 0.6) is 0 Å². The largest absolute Gasteiger partial charge is 0.378 e. The molecule has 2 rings (SSSR count). The minimum Gasteiger partial charge on any atom is -0.378 e. The molecule has 92 valence electrons. The molecule has 0 radical (unpaired) electrons. The Bertz CT molecular complexity index is 414. The molecule has 0 aliphatic carbocycles. The minimum atomic E-state index is -0.300. The quantitative estimate of drug-likeness (QED) is 0.859. The molecule has 1 fully saturated rings. The third-order valence-electron chi connectivity index (χ3n) is 2.99. The van der Waals surface area contributed by atoms with E-state index in [-0.39, 0.29) is 24.1 Å². The predicted octanol–water partition coefficient (Wildman–Crippen LogP) is 1.23. The van der Waals surface area contributed by atoms with Gasteiger partial charge in [-0.3, -0.25) is 4.79 Å². The monoisotopic (exact) mass is 237 g/mol. The zero-order valence-corrected chi connectivity index (χ0v) is 9.83. The predicted molar refractivity (Wildman–Crippen MR) is 62.5 cm³/mol. The second kappa shape index (κ2) is 5.38. The molecule has 1 unspecified atom stereocenters. The van der Waals surface area contributed by atoms with Crippen LogP contribution in [-0.4, -0.2) is 31.6 Å². The third kappa shape index (κ3) is 3.11. The van der Waals surface area contributed by atoms with Crippen LogP contribution in [0.1, 0.15) is 11.1 Å². The van der Waals surface area contributed by atoms with Crippen molar-refractivity contribution in [2.45, 2.75) is 19.4 Å². The molecular formula is C13H16FNO2. The first-order valence-corrected chi connectivity index (χ1v) is 5.75. The van der Waals surface area contributed by atoms with Gasteiger partial charge in [-0.2, -0.15) is 0 Å². The molecule has 1 aliphatic rings. The van der Waals surface area contributed by atoms with Crippen LogP contribution in [0.4, 0.5) is 4.39 Å². The Balaban J connectivity index is 2.04. The van der Waals surface area contributed by atoms with Crippen LogP contribution in [-0.2, 0) is 16.0 Å². The van der Waals surface area contributed by atoms with Crippen molar-refractivity contribution in [3.8, 4) is 0 Å². The van der Waals surface area contributed by atoms with E-state index < -0.39 is 0 Å². The third-order valence-corrected chi connectivity index (χ3v) is 2.99. The van der Waals surface area contributed by atoms with Crippen molar-refractivity contribution >= 4 is 5.78 Å². The molecule has 1 aromatic rings. The van der Waals surface area contributed by atoms with Crippen molar-refractivity contribution in [1.29, 1.82) is 0 Å². The second-order valence-corrected chi connectivity index (χ2v) is 4.30. The van der Waals surface area contributed by atoms with E-state index in [1.807, 2.05) is 6.92 Å². The Hall–Kier alpha value is -1.26. The highest BCUT2D eigenvalue weighted by atomic mass is 19.1. The molecule has 0 amide bonds. The normalized spacial score (nSPS) is 20.2. The standard InChI is InChI=1S/C13H16FNO2/c1-9-2-3-11(14)6-10(9)7-13(16)12-8-17-5-4-15-12/h2-3,6,12,15H,4-5,7-8H2,1H3. The number of hydrogen-bond donors (Lipinski definition) is 1. The fourth-order valence-electron chi connectivity index (χ4n) is 1.91. The van der Waals surface area contributed by atoms with Crippen LogP contribution in [0.3, 0.4) is 0 Å². The second-order valence-electron chi connectivity index (χ2n) is 4.30. The van der Waals surface area contributed by atoms with Gasteiger partial charge in [0.2, 0.25) is 0 Å². The molecule has 0 saturated carbocycles. The molecule has 0 aromatic heterocycles. The zero-order valence-electron chi connectivity index (χ0n) is 9.83. The number of rotatable bonds is 3. The van der Waals surface area contributed by atoms with Crippen molar-refractivity contribution < 1.29 is 13.9 Å². The highest BCUT2D eigenvalue weighted by Crippen LogP contribution is 2.12. The SMILES string of the molecule is Cc1ccc(F)cc1CC(=O)C1COCCN1. The fraction of sp³-hybridized carbons (Fsp3) is 0.462. The van der Waals surface area contributed by atoms with Crippen molar-refractivity contribution in [3.63, 3.8) is 0 Å². The first kappa shape index (κ1) is 12.2. The Labute approximate surface area is 100.0 Å². The van der Waals surface area contributed by atoms with Crippen LogP contribution in [0.15, 0.2) is 18.2 Å². The van der Waals surface area contributed by atoms with E-state index in [0.29, 0.717) is 19.8 Å². The summed E-state index contributed by atoms with van der Waals surface area (Å²) in [4.78, 5) is 12.0. The van der Waals surface area contributed by atoms with E-state index in [1.54, 1.807) is 6.07 Å². The van der Waals surface area contributed by atoms with E-state index in [2.05, 4.69) is 5.32 Å². The smallest absolute Gasteiger partial charge is 0.156 e. The lowest BCUT2D eigenvalue weighted by Crippen LogP contribution is -2.47. The molecule has 0 spiro atoms. The Morgan fingerprint density at radius 3 is 3.12 bits per heavy atom. The van der Waals surface area contributed by atoms with Crippen LogP contribution in [0.2, 0.25) is 0 Å². The molecule has 1 aromatic carbocycles. The summed E-state index contributed by atoms with van der Waals surface area (Å²) in [6.07, 6.45) is 0.255. The number of carbonyl (C=O) groups is 1.